The summed E-state index contributed by atoms with van der Waals surface area (Å²) in [6, 6.07) is 1.88. The lowest BCUT2D eigenvalue weighted by Gasteiger charge is -2.27. The summed E-state index contributed by atoms with van der Waals surface area (Å²) >= 11 is 0. The van der Waals surface area contributed by atoms with Crippen molar-refractivity contribution in [3.63, 3.8) is 0 Å². The maximum Gasteiger partial charge on any atom is 0.344 e. The maximum atomic E-state index is 12.1. The van der Waals surface area contributed by atoms with Gasteiger partial charge in [-0.2, -0.15) is 13.7 Å². The lowest BCUT2D eigenvalue weighted by atomic mass is 9.85. The standard InChI is InChI=1S/C13H13NO7S/c1-2-9(15)19-5-10(16)20-11-7-3-8-12(11)21-22(17,18)13(8,4-7)6-14/h2,7-8,11-12H,1,3-5H2. The number of fused-ring (bicyclic) bond motifs is 1. The Kier molecular flexibility index (Phi) is 3.27. The first-order valence-electron chi connectivity index (χ1n) is 6.67. The first kappa shape index (κ1) is 15.0. The number of rotatable bonds is 4. The molecular weight excluding hydrogens is 314 g/mol. The molecule has 1 aliphatic heterocycles. The van der Waals surface area contributed by atoms with E-state index in [0.29, 0.717) is 6.42 Å². The summed E-state index contributed by atoms with van der Waals surface area (Å²) in [6.07, 6.45) is -0.0982. The quantitative estimate of drug-likeness (QED) is 0.391. The molecule has 3 fully saturated rings. The first-order valence-corrected chi connectivity index (χ1v) is 8.08. The van der Waals surface area contributed by atoms with Crippen molar-refractivity contribution in [3.05, 3.63) is 12.7 Å². The second-order valence-electron chi connectivity index (χ2n) is 5.59. The van der Waals surface area contributed by atoms with E-state index in [1.165, 1.54) is 0 Å². The van der Waals surface area contributed by atoms with E-state index in [1.807, 2.05) is 6.07 Å². The number of hydrogen-bond donors (Lipinski definition) is 0. The maximum absolute atomic E-state index is 12.1. The SMILES string of the molecule is C=CC(=O)OCC(=O)OC1C2CC3C1OS(=O)(=O)C3(C#N)C2. The molecule has 3 rings (SSSR count). The van der Waals surface area contributed by atoms with Crippen LogP contribution in [0.2, 0.25) is 0 Å². The molecule has 0 spiro atoms. The Morgan fingerprint density at radius 2 is 2.23 bits per heavy atom. The molecule has 5 atom stereocenters. The minimum absolute atomic E-state index is 0.0946. The van der Waals surface area contributed by atoms with Crippen LogP contribution in [0.15, 0.2) is 12.7 Å². The van der Waals surface area contributed by atoms with Crippen molar-refractivity contribution in [2.45, 2.75) is 29.8 Å². The lowest BCUT2D eigenvalue weighted by Crippen LogP contribution is -2.44. The Hall–Kier alpha value is -1.92. The van der Waals surface area contributed by atoms with Gasteiger partial charge in [0.1, 0.15) is 12.2 Å². The zero-order valence-corrected chi connectivity index (χ0v) is 12.2. The molecule has 0 radical (unpaired) electrons. The Labute approximate surface area is 126 Å². The Bertz CT molecular complexity index is 694. The number of carbonyl (C=O) groups excluding carboxylic acids is 2. The summed E-state index contributed by atoms with van der Waals surface area (Å²) in [5, 5.41) is 9.26. The highest BCUT2D eigenvalue weighted by Gasteiger charge is 2.74. The van der Waals surface area contributed by atoms with Crippen LogP contribution in [0.3, 0.4) is 0 Å². The fourth-order valence-corrected chi connectivity index (χ4v) is 5.49. The van der Waals surface area contributed by atoms with Gasteiger partial charge in [0.05, 0.1) is 6.07 Å². The molecule has 8 nitrogen and oxygen atoms in total. The highest BCUT2D eigenvalue weighted by Crippen LogP contribution is 2.61. The highest BCUT2D eigenvalue weighted by molar-refractivity contribution is 7.88. The molecule has 5 unspecified atom stereocenters. The molecule has 0 aromatic rings. The predicted molar refractivity (Wildman–Crippen MR) is 69.4 cm³/mol. The van der Waals surface area contributed by atoms with Crippen LogP contribution >= 0.6 is 0 Å². The third-order valence-corrected chi connectivity index (χ3v) is 6.47. The number of nitrogens with zero attached hydrogens (tertiary/aromatic N) is 1. The molecular formula is C13H13NO7S. The zero-order chi connectivity index (χ0) is 16.1. The normalized spacial score (nSPS) is 40.0. The Balaban J connectivity index is 1.70. The van der Waals surface area contributed by atoms with Crippen LogP contribution in [0.25, 0.3) is 0 Å². The molecule has 2 aliphatic carbocycles. The van der Waals surface area contributed by atoms with Gasteiger partial charge < -0.3 is 9.47 Å². The summed E-state index contributed by atoms with van der Waals surface area (Å²) in [5.41, 5.74) is 0. The minimum Gasteiger partial charge on any atom is -0.457 e. The molecule has 2 saturated carbocycles. The van der Waals surface area contributed by atoms with Gasteiger partial charge in [0.15, 0.2) is 11.4 Å². The van der Waals surface area contributed by atoms with E-state index in [9.17, 15) is 23.3 Å². The molecule has 22 heavy (non-hydrogen) atoms. The van der Waals surface area contributed by atoms with Crippen molar-refractivity contribution in [2.24, 2.45) is 11.8 Å². The monoisotopic (exact) mass is 327 g/mol. The van der Waals surface area contributed by atoms with E-state index in [0.717, 1.165) is 6.08 Å². The van der Waals surface area contributed by atoms with Crippen LogP contribution < -0.4 is 0 Å². The van der Waals surface area contributed by atoms with Crippen LogP contribution in [0, 0.1) is 23.2 Å². The molecule has 2 bridgehead atoms. The van der Waals surface area contributed by atoms with Gasteiger partial charge >= 0.3 is 11.9 Å². The highest BCUT2D eigenvalue weighted by atomic mass is 32.2. The summed E-state index contributed by atoms with van der Waals surface area (Å²) in [5.74, 6) is -2.27. The number of hydrogen-bond acceptors (Lipinski definition) is 8. The van der Waals surface area contributed by atoms with E-state index < -0.39 is 51.5 Å². The second kappa shape index (κ2) is 4.79. The molecule has 0 N–H and O–H groups in total. The van der Waals surface area contributed by atoms with E-state index in [-0.39, 0.29) is 12.3 Å². The Morgan fingerprint density at radius 3 is 2.86 bits per heavy atom. The zero-order valence-electron chi connectivity index (χ0n) is 11.4. The van der Waals surface area contributed by atoms with E-state index in [1.54, 1.807) is 0 Å². The van der Waals surface area contributed by atoms with Crippen molar-refractivity contribution in [2.75, 3.05) is 6.61 Å². The lowest BCUT2D eigenvalue weighted by molar-refractivity contribution is -0.165. The third-order valence-electron chi connectivity index (χ3n) is 4.55. The van der Waals surface area contributed by atoms with Crippen LogP contribution in [-0.4, -0.2) is 43.9 Å². The van der Waals surface area contributed by atoms with E-state index in [4.69, 9.17) is 8.92 Å². The predicted octanol–water partition coefficient (Wildman–Crippen LogP) is -0.342. The van der Waals surface area contributed by atoms with Crippen molar-refractivity contribution in [3.8, 4) is 6.07 Å². The third kappa shape index (κ3) is 1.87. The average molecular weight is 327 g/mol. The minimum atomic E-state index is -3.99. The molecule has 1 heterocycles. The second-order valence-corrected chi connectivity index (χ2v) is 7.42. The molecule has 1 saturated heterocycles. The van der Waals surface area contributed by atoms with Gasteiger partial charge in [-0.25, -0.2) is 9.59 Å². The van der Waals surface area contributed by atoms with E-state index >= 15 is 0 Å². The summed E-state index contributed by atoms with van der Waals surface area (Å²) in [7, 11) is -3.99. The van der Waals surface area contributed by atoms with Crippen molar-refractivity contribution < 1.29 is 31.7 Å². The topological polar surface area (TPSA) is 120 Å². The van der Waals surface area contributed by atoms with Gasteiger partial charge in [0, 0.05) is 17.9 Å². The van der Waals surface area contributed by atoms with Gasteiger partial charge in [0.25, 0.3) is 10.1 Å². The molecule has 118 valence electrons. The number of esters is 2. The van der Waals surface area contributed by atoms with Crippen molar-refractivity contribution >= 4 is 22.1 Å². The fourth-order valence-electron chi connectivity index (χ4n) is 3.65. The molecule has 0 amide bonds. The molecule has 3 aliphatic rings. The molecule has 9 heteroatoms. The number of ether oxygens (including phenoxy) is 2. The van der Waals surface area contributed by atoms with Crippen LogP contribution in [0.1, 0.15) is 12.8 Å². The van der Waals surface area contributed by atoms with E-state index in [2.05, 4.69) is 11.3 Å². The largest absolute Gasteiger partial charge is 0.457 e. The summed E-state index contributed by atoms with van der Waals surface area (Å²) in [4.78, 5) is 22.6. The average Bonchev–Trinajstić information content (AvgIpc) is 3.05. The van der Waals surface area contributed by atoms with Gasteiger partial charge in [0.2, 0.25) is 0 Å². The van der Waals surface area contributed by atoms with Crippen LogP contribution in [0.4, 0.5) is 0 Å². The van der Waals surface area contributed by atoms with Gasteiger partial charge in [-0.05, 0) is 12.8 Å². The van der Waals surface area contributed by atoms with Gasteiger partial charge in [-0.1, -0.05) is 6.58 Å². The van der Waals surface area contributed by atoms with Crippen molar-refractivity contribution in [1.29, 1.82) is 5.26 Å². The summed E-state index contributed by atoms with van der Waals surface area (Å²) < 4.78 is 37.4. The fraction of sp³-hybridized carbons (Fsp3) is 0.615. The summed E-state index contributed by atoms with van der Waals surface area (Å²) in [6.45, 7) is 2.61. The van der Waals surface area contributed by atoms with Crippen molar-refractivity contribution in [1.82, 2.24) is 0 Å². The van der Waals surface area contributed by atoms with Crippen LogP contribution in [0.5, 0.6) is 0 Å². The van der Waals surface area contributed by atoms with Gasteiger partial charge in [-0.15, -0.1) is 0 Å². The molecule has 0 aromatic heterocycles. The van der Waals surface area contributed by atoms with Crippen LogP contribution in [-0.2, 0) is 33.4 Å². The number of nitriles is 1. The Morgan fingerprint density at radius 1 is 1.50 bits per heavy atom. The first-order chi connectivity index (χ1) is 10.3. The molecule has 0 aromatic carbocycles. The smallest absolute Gasteiger partial charge is 0.344 e. The van der Waals surface area contributed by atoms with Gasteiger partial charge in [-0.3, -0.25) is 4.18 Å². The number of carbonyl (C=O) groups is 2.